The Kier molecular flexibility index (Phi) is 2.89. The average molecular weight is 361 g/mol. The highest BCUT2D eigenvalue weighted by molar-refractivity contribution is 5.90. The van der Waals surface area contributed by atoms with Crippen LogP contribution in [0.25, 0.3) is 10.9 Å². The van der Waals surface area contributed by atoms with Crippen molar-refractivity contribution >= 4 is 22.7 Å². The second-order valence-electron chi connectivity index (χ2n) is 10.0. The number of hydrogen-bond donors (Lipinski definition) is 1. The third-order valence-corrected chi connectivity index (χ3v) is 8.88. The summed E-state index contributed by atoms with van der Waals surface area (Å²) < 4.78 is 0. The lowest BCUT2D eigenvalue weighted by Gasteiger charge is -2.50. The zero-order valence-electron chi connectivity index (χ0n) is 15.9. The van der Waals surface area contributed by atoms with Crippen LogP contribution in [0.1, 0.15) is 44.9 Å². The summed E-state index contributed by atoms with van der Waals surface area (Å²) in [5, 5.41) is 5.20. The Morgan fingerprint density at radius 3 is 2.81 bits per heavy atom. The van der Waals surface area contributed by atoms with E-state index in [-0.39, 0.29) is 0 Å². The largest absolute Gasteiger partial charge is 0.366 e. The standard InChI is InChI=1S/C23H28N4/c1-2-6-19-17(5-1)21(26-22(24-19)27-7-3-4-8-27)25-20-15-9-14-10-16-11-18(20)23(16,12-14)13-15/h1-2,5-6,14-16,18,20H,3-4,7-13H2,(H,24,25,26). The molecule has 6 atom stereocenters. The van der Waals surface area contributed by atoms with Gasteiger partial charge < -0.3 is 10.2 Å². The number of anilines is 2. The number of nitrogens with zero attached hydrogens (tertiary/aromatic N) is 3. The SMILES string of the molecule is c1ccc2c(NC3C4CC5CC6CC3C6(C5)C4)nc(N3CCCC3)nc2c1. The predicted molar refractivity (Wildman–Crippen MR) is 108 cm³/mol. The number of rotatable bonds is 3. The van der Waals surface area contributed by atoms with Gasteiger partial charge in [-0.25, -0.2) is 4.98 Å². The van der Waals surface area contributed by atoms with Crippen molar-refractivity contribution < 1.29 is 0 Å². The van der Waals surface area contributed by atoms with Crippen LogP contribution in [-0.2, 0) is 0 Å². The third-order valence-electron chi connectivity index (χ3n) is 8.88. The minimum atomic E-state index is 0.635. The lowest BCUT2D eigenvalue weighted by atomic mass is 9.55. The van der Waals surface area contributed by atoms with E-state index in [2.05, 4.69) is 34.5 Å². The van der Waals surface area contributed by atoms with Crippen LogP contribution in [0.3, 0.4) is 0 Å². The molecule has 0 amide bonds. The maximum Gasteiger partial charge on any atom is 0.227 e. The molecule has 1 saturated heterocycles. The molecule has 1 spiro atoms. The highest BCUT2D eigenvalue weighted by Gasteiger charge is 2.70. The van der Waals surface area contributed by atoms with Crippen molar-refractivity contribution in [2.24, 2.45) is 29.1 Å². The summed E-state index contributed by atoms with van der Waals surface area (Å²) in [6, 6.07) is 9.20. The molecule has 4 saturated carbocycles. The zero-order chi connectivity index (χ0) is 17.6. The normalized spacial score (nSPS) is 41.2. The smallest absolute Gasteiger partial charge is 0.227 e. The number of benzene rings is 1. The second kappa shape index (κ2) is 5.15. The minimum absolute atomic E-state index is 0.635. The van der Waals surface area contributed by atoms with Gasteiger partial charge in [0.1, 0.15) is 5.82 Å². The summed E-state index contributed by atoms with van der Waals surface area (Å²) in [5.74, 6) is 5.85. The van der Waals surface area contributed by atoms with Crippen LogP contribution in [0.15, 0.2) is 24.3 Å². The first-order chi connectivity index (χ1) is 13.3. The summed E-state index contributed by atoms with van der Waals surface area (Å²) in [5.41, 5.74) is 1.80. The van der Waals surface area contributed by atoms with E-state index in [9.17, 15) is 0 Å². The molecule has 4 heteroatoms. The first-order valence-electron chi connectivity index (χ1n) is 11.1. The van der Waals surface area contributed by atoms with Gasteiger partial charge in [0.05, 0.1) is 5.52 Å². The fraction of sp³-hybridized carbons (Fsp3) is 0.652. The van der Waals surface area contributed by atoms with Gasteiger partial charge in [0.15, 0.2) is 0 Å². The Balaban J connectivity index is 1.29. The van der Waals surface area contributed by atoms with Gasteiger partial charge >= 0.3 is 0 Å². The van der Waals surface area contributed by atoms with Crippen LogP contribution in [0.2, 0.25) is 0 Å². The molecule has 1 aromatic heterocycles. The molecule has 5 fully saturated rings. The Bertz CT molecular complexity index is 920. The molecule has 1 aromatic carbocycles. The molecule has 140 valence electrons. The maximum atomic E-state index is 5.08. The molecule has 3 bridgehead atoms. The summed E-state index contributed by atoms with van der Waals surface area (Å²) in [6.45, 7) is 2.19. The summed E-state index contributed by atoms with van der Waals surface area (Å²) in [4.78, 5) is 12.3. The van der Waals surface area contributed by atoms with E-state index in [1.807, 2.05) is 0 Å². The first-order valence-corrected chi connectivity index (χ1v) is 11.1. The number of nitrogens with one attached hydrogen (secondary N) is 1. The highest BCUT2D eigenvalue weighted by atomic mass is 15.3. The molecule has 2 heterocycles. The van der Waals surface area contributed by atoms with Gasteiger partial charge in [-0.3, -0.25) is 0 Å². The van der Waals surface area contributed by atoms with Crippen LogP contribution in [0.5, 0.6) is 0 Å². The summed E-state index contributed by atoms with van der Waals surface area (Å²) in [6.07, 6.45) is 9.99. The Labute approximate surface area is 160 Å². The van der Waals surface area contributed by atoms with Gasteiger partial charge in [-0.2, -0.15) is 4.98 Å². The van der Waals surface area contributed by atoms with Gasteiger partial charge in [0.25, 0.3) is 0 Å². The van der Waals surface area contributed by atoms with Crippen molar-refractivity contribution in [3.8, 4) is 0 Å². The maximum absolute atomic E-state index is 5.08. The first kappa shape index (κ1) is 15.1. The molecule has 4 nitrogen and oxygen atoms in total. The predicted octanol–water partition coefficient (Wildman–Crippen LogP) is 4.47. The molecule has 2 aromatic rings. The molecular formula is C23H28N4. The fourth-order valence-electron chi connectivity index (χ4n) is 7.89. The number of aromatic nitrogens is 2. The van der Waals surface area contributed by atoms with E-state index in [0.29, 0.717) is 11.5 Å². The fourth-order valence-corrected chi connectivity index (χ4v) is 7.89. The van der Waals surface area contributed by atoms with Gasteiger partial charge in [0.2, 0.25) is 5.95 Å². The van der Waals surface area contributed by atoms with Crippen molar-refractivity contribution in [3.05, 3.63) is 24.3 Å². The number of hydrogen-bond acceptors (Lipinski definition) is 4. The number of fused-ring (bicyclic) bond motifs is 3. The Hall–Kier alpha value is -1.84. The molecule has 6 unspecified atom stereocenters. The van der Waals surface area contributed by atoms with Crippen LogP contribution in [-0.4, -0.2) is 29.1 Å². The Morgan fingerprint density at radius 2 is 1.89 bits per heavy atom. The highest BCUT2D eigenvalue weighted by Crippen LogP contribution is 2.75. The van der Waals surface area contributed by atoms with Crippen molar-refractivity contribution in [1.82, 2.24) is 9.97 Å². The van der Waals surface area contributed by atoms with E-state index in [1.54, 1.807) is 0 Å². The molecule has 5 aliphatic rings. The van der Waals surface area contributed by atoms with Crippen LogP contribution in [0, 0.1) is 29.1 Å². The molecule has 1 N–H and O–H groups in total. The van der Waals surface area contributed by atoms with Crippen molar-refractivity contribution in [3.63, 3.8) is 0 Å². The topological polar surface area (TPSA) is 41.1 Å². The van der Waals surface area contributed by atoms with Gasteiger partial charge in [-0.05, 0) is 86.2 Å². The Morgan fingerprint density at radius 1 is 1.00 bits per heavy atom. The second-order valence-corrected chi connectivity index (χ2v) is 10.0. The summed E-state index contributed by atoms with van der Waals surface area (Å²) >= 11 is 0. The molecular weight excluding hydrogens is 332 g/mol. The van der Waals surface area contributed by atoms with Crippen LogP contribution < -0.4 is 10.2 Å². The quantitative estimate of drug-likeness (QED) is 0.877. The monoisotopic (exact) mass is 360 g/mol. The van der Waals surface area contributed by atoms with E-state index in [0.717, 1.165) is 54.0 Å². The van der Waals surface area contributed by atoms with Gasteiger partial charge in [0, 0.05) is 24.5 Å². The lowest BCUT2D eigenvalue weighted by molar-refractivity contribution is -0.00279. The van der Waals surface area contributed by atoms with E-state index in [1.165, 1.54) is 50.3 Å². The lowest BCUT2D eigenvalue weighted by Crippen LogP contribution is -2.47. The molecule has 4 aliphatic carbocycles. The van der Waals surface area contributed by atoms with Crippen molar-refractivity contribution in [2.75, 3.05) is 23.3 Å². The van der Waals surface area contributed by atoms with E-state index < -0.39 is 0 Å². The molecule has 27 heavy (non-hydrogen) atoms. The average Bonchev–Trinajstić information content (AvgIpc) is 3.32. The van der Waals surface area contributed by atoms with Crippen molar-refractivity contribution in [1.29, 1.82) is 0 Å². The minimum Gasteiger partial charge on any atom is -0.366 e. The molecule has 7 rings (SSSR count). The van der Waals surface area contributed by atoms with Gasteiger partial charge in [-0.1, -0.05) is 12.1 Å². The third kappa shape index (κ3) is 1.94. The molecule has 1 aliphatic heterocycles. The van der Waals surface area contributed by atoms with E-state index >= 15 is 0 Å². The van der Waals surface area contributed by atoms with Crippen molar-refractivity contribution in [2.45, 2.75) is 51.0 Å². The van der Waals surface area contributed by atoms with Gasteiger partial charge in [-0.15, -0.1) is 0 Å². The van der Waals surface area contributed by atoms with Crippen LogP contribution in [0.4, 0.5) is 11.8 Å². The molecule has 0 radical (unpaired) electrons. The van der Waals surface area contributed by atoms with E-state index in [4.69, 9.17) is 9.97 Å². The number of para-hydroxylation sites is 1. The zero-order valence-corrected chi connectivity index (χ0v) is 15.9. The van der Waals surface area contributed by atoms with Crippen LogP contribution >= 0.6 is 0 Å². The summed E-state index contributed by atoms with van der Waals surface area (Å²) in [7, 11) is 0.